The number of hydrogen-bond acceptors (Lipinski definition) is 6. The molecule has 0 aromatic carbocycles. The molecule has 0 fully saturated rings. The van der Waals surface area contributed by atoms with Crippen LogP contribution in [0.1, 0.15) is 91.4 Å². The van der Waals surface area contributed by atoms with Crippen molar-refractivity contribution in [2.24, 2.45) is 0 Å². The molecular weight excluding hydrogens is 336 g/mol. The molecule has 0 bridgehead atoms. The van der Waals surface area contributed by atoms with Gasteiger partial charge in [0.15, 0.2) is 0 Å². The maximum absolute atomic E-state index is 12.0. The van der Waals surface area contributed by atoms with Crippen molar-refractivity contribution in [1.29, 1.82) is 0 Å². The van der Waals surface area contributed by atoms with Crippen molar-refractivity contribution < 1.29 is 28.6 Å². The minimum atomic E-state index is -1.23. The molecule has 6 heteroatoms. The first-order valence-electron chi connectivity index (χ1n) is 10.0. The Morgan fingerprint density at radius 2 is 1.31 bits per heavy atom. The van der Waals surface area contributed by atoms with Gasteiger partial charge in [0.05, 0.1) is 19.6 Å². The van der Waals surface area contributed by atoms with E-state index >= 15 is 0 Å². The van der Waals surface area contributed by atoms with Gasteiger partial charge in [-0.3, -0.25) is 9.59 Å². The van der Waals surface area contributed by atoms with Crippen molar-refractivity contribution in [3.8, 4) is 0 Å². The number of carbonyl (C=O) groups is 3. The molecular formula is C20H36O6. The molecule has 0 amide bonds. The predicted molar refractivity (Wildman–Crippen MR) is 99.6 cm³/mol. The average molecular weight is 373 g/mol. The van der Waals surface area contributed by atoms with Gasteiger partial charge in [-0.05, 0) is 13.3 Å². The maximum atomic E-state index is 12.0. The smallest absolute Gasteiger partial charge is 0.348 e. The summed E-state index contributed by atoms with van der Waals surface area (Å²) >= 11 is 0. The highest BCUT2D eigenvalue weighted by molar-refractivity contribution is 5.84. The second kappa shape index (κ2) is 16.9. The van der Waals surface area contributed by atoms with E-state index in [1.165, 1.54) is 51.9 Å². The zero-order chi connectivity index (χ0) is 19.6. The average Bonchev–Trinajstić information content (AvgIpc) is 2.58. The number of esters is 3. The van der Waals surface area contributed by atoms with Gasteiger partial charge >= 0.3 is 17.9 Å². The molecule has 0 radical (unpaired) electrons. The lowest BCUT2D eigenvalue weighted by Gasteiger charge is -2.15. The normalized spacial score (nSPS) is 11.7. The lowest BCUT2D eigenvalue weighted by molar-refractivity contribution is -0.170. The third-order valence-corrected chi connectivity index (χ3v) is 3.97. The Balaban J connectivity index is 3.81. The summed E-state index contributed by atoms with van der Waals surface area (Å²) < 4.78 is 14.8. The summed E-state index contributed by atoms with van der Waals surface area (Å²) in [6, 6.07) is 0. The minimum Gasteiger partial charge on any atom is -0.466 e. The van der Waals surface area contributed by atoms with Crippen LogP contribution in [0, 0.1) is 0 Å². The van der Waals surface area contributed by atoms with E-state index in [1.807, 2.05) is 0 Å². The molecule has 0 aliphatic rings. The highest BCUT2D eigenvalue weighted by atomic mass is 16.6. The molecule has 0 aliphatic heterocycles. The molecule has 0 saturated heterocycles. The van der Waals surface area contributed by atoms with E-state index in [9.17, 15) is 14.4 Å². The van der Waals surface area contributed by atoms with E-state index in [0.717, 1.165) is 19.3 Å². The van der Waals surface area contributed by atoms with Crippen LogP contribution in [0.5, 0.6) is 0 Å². The molecule has 0 saturated carbocycles. The molecule has 0 N–H and O–H groups in total. The Morgan fingerprint density at radius 3 is 1.81 bits per heavy atom. The van der Waals surface area contributed by atoms with Gasteiger partial charge in [0.25, 0.3) is 0 Å². The van der Waals surface area contributed by atoms with E-state index in [4.69, 9.17) is 14.2 Å². The molecule has 152 valence electrons. The van der Waals surface area contributed by atoms with Crippen molar-refractivity contribution in [3.63, 3.8) is 0 Å². The standard InChI is InChI=1S/C20H36O6/c1-4-6-7-8-9-10-11-12-13-14-15-25-20(23)18(26-17(3)21)16-19(22)24-5-2/h18H,4-16H2,1-3H3. The van der Waals surface area contributed by atoms with Crippen LogP contribution in [0.4, 0.5) is 0 Å². The van der Waals surface area contributed by atoms with Crippen LogP contribution in [0.15, 0.2) is 0 Å². The summed E-state index contributed by atoms with van der Waals surface area (Å²) in [5.74, 6) is -1.91. The Hall–Kier alpha value is -1.59. The summed E-state index contributed by atoms with van der Waals surface area (Å²) in [6.07, 6.45) is 10.4. The van der Waals surface area contributed by atoms with Gasteiger partial charge in [0.2, 0.25) is 6.10 Å². The monoisotopic (exact) mass is 372 g/mol. The molecule has 6 nitrogen and oxygen atoms in total. The van der Waals surface area contributed by atoms with E-state index in [-0.39, 0.29) is 19.6 Å². The van der Waals surface area contributed by atoms with Gasteiger partial charge in [-0.15, -0.1) is 0 Å². The van der Waals surface area contributed by atoms with Crippen LogP contribution in [0.25, 0.3) is 0 Å². The molecule has 26 heavy (non-hydrogen) atoms. The second-order valence-electron chi connectivity index (χ2n) is 6.46. The Bertz CT molecular complexity index is 394. The zero-order valence-corrected chi connectivity index (χ0v) is 16.7. The molecule has 0 aliphatic carbocycles. The Labute approximate surface area is 157 Å². The SMILES string of the molecule is CCCCCCCCCCCCOC(=O)C(CC(=O)OCC)OC(C)=O. The molecule has 1 atom stereocenters. The molecule has 0 aromatic heterocycles. The Kier molecular flexibility index (Phi) is 15.8. The van der Waals surface area contributed by atoms with Gasteiger partial charge in [-0.25, -0.2) is 4.79 Å². The van der Waals surface area contributed by atoms with Gasteiger partial charge < -0.3 is 14.2 Å². The fraction of sp³-hybridized carbons (Fsp3) is 0.850. The van der Waals surface area contributed by atoms with Crippen LogP contribution < -0.4 is 0 Å². The summed E-state index contributed by atoms with van der Waals surface area (Å²) in [4.78, 5) is 34.5. The summed E-state index contributed by atoms with van der Waals surface area (Å²) in [5.41, 5.74) is 0. The molecule has 0 spiro atoms. The van der Waals surface area contributed by atoms with Crippen molar-refractivity contribution in [2.75, 3.05) is 13.2 Å². The van der Waals surface area contributed by atoms with Crippen LogP contribution in [-0.4, -0.2) is 37.2 Å². The number of ether oxygens (including phenoxy) is 3. The third kappa shape index (κ3) is 14.7. The van der Waals surface area contributed by atoms with Crippen LogP contribution >= 0.6 is 0 Å². The topological polar surface area (TPSA) is 78.9 Å². The van der Waals surface area contributed by atoms with Crippen molar-refractivity contribution in [1.82, 2.24) is 0 Å². The van der Waals surface area contributed by atoms with Crippen molar-refractivity contribution >= 4 is 17.9 Å². The van der Waals surface area contributed by atoms with E-state index in [1.54, 1.807) is 6.92 Å². The number of rotatable bonds is 16. The highest BCUT2D eigenvalue weighted by Gasteiger charge is 2.27. The van der Waals surface area contributed by atoms with Crippen molar-refractivity contribution in [3.05, 3.63) is 0 Å². The van der Waals surface area contributed by atoms with Crippen LogP contribution in [0.2, 0.25) is 0 Å². The first-order chi connectivity index (χ1) is 12.5. The second-order valence-corrected chi connectivity index (χ2v) is 6.46. The van der Waals surface area contributed by atoms with Crippen LogP contribution in [0.3, 0.4) is 0 Å². The maximum Gasteiger partial charge on any atom is 0.348 e. The largest absolute Gasteiger partial charge is 0.466 e. The van der Waals surface area contributed by atoms with Gasteiger partial charge in [-0.1, -0.05) is 64.7 Å². The first-order valence-corrected chi connectivity index (χ1v) is 10.0. The zero-order valence-electron chi connectivity index (χ0n) is 16.7. The fourth-order valence-electron chi connectivity index (χ4n) is 2.60. The summed E-state index contributed by atoms with van der Waals surface area (Å²) in [6.45, 7) is 5.56. The quantitative estimate of drug-likeness (QED) is 0.228. The number of hydrogen-bond donors (Lipinski definition) is 0. The van der Waals surface area contributed by atoms with E-state index in [2.05, 4.69) is 6.92 Å². The fourth-order valence-corrected chi connectivity index (χ4v) is 2.60. The molecule has 0 rings (SSSR count). The summed E-state index contributed by atoms with van der Waals surface area (Å²) in [7, 11) is 0. The lowest BCUT2D eigenvalue weighted by Crippen LogP contribution is -2.31. The lowest BCUT2D eigenvalue weighted by atomic mass is 10.1. The third-order valence-electron chi connectivity index (χ3n) is 3.97. The predicted octanol–water partition coefficient (Wildman–Crippen LogP) is 4.34. The molecule has 0 heterocycles. The number of carbonyl (C=O) groups excluding carboxylic acids is 3. The molecule has 0 aromatic rings. The van der Waals surface area contributed by atoms with Gasteiger partial charge in [0, 0.05) is 6.92 Å². The minimum absolute atomic E-state index is 0.208. The summed E-state index contributed by atoms with van der Waals surface area (Å²) in [5, 5.41) is 0. The van der Waals surface area contributed by atoms with E-state index in [0.29, 0.717) is 0 Å². The highest BCUT2D eigenvalue weighted by Crippen LogP contribution is 2.11. The van der Waals surface area contributed by atoms with Crippen LogP contribution in [-0.2, 0) is 28.6 Å². The Morgan fingerprint density at radius 1 is 0.769 bits per heavy atom. The number of unbranched alkanes of at least 4 members (excludes halogenated alkanes) is 9. The van der Waals surface area contributed by atoms with Crippen molar-refractivity contribution in [2.45, 2.75) is 97.5 Å². The first kappa shape index (κ1) is 24.4. The van der Waals surface area contributed by atoms with E-state index < -0.39 is 24.0 Å². The van der Waals surface area contributed by atoms with Gasteiger partial charge in [0.1, 0.15) is 0 Å². The molecule has 1 unspecified atom stereocenters. The van der Waals surface area contributed by atoms with Gasteiger partial charge in [-0.2, -0.15) is 0 Å².